The number of Topliss-reactive ketones (excluding diaryl/α,β-unsaturated/α-hetero) is 1. The minimum absolute atomic E-state index is 0.0320. The molecule has 2 fully saturated rings. The van der Waals surface area contributed by atoms with Gasteiger partial charge in [0.05, 0.1) is 11.8 Å². The summed E-state index contributed by atoms with van der Waals surface area (Å²) < 4.78 is 5.93. The summed E-state index contributed by atoms with van der Waals surface area (Å²) in [7, 11) is 0. The topological polar surface area (TPSA) is 76.5 Å². The van der Waals surface area contributed by atoms with E-state index in [-0.39, 0.29) is 42.5 Å². The fraction of sp³-hybridized carbons (Fsp3) is 0.667. The Morgan fingerprint density at radius 1 is 1.12 bits per heavy atom. The minimum atomic E-state index is -0.590. The van der Waals surface area contributed by atoms with Crippen molar-refractivity contribution in [1.82, 2.24) is 4.98 Å². The van der Waals surface area contributed by atoms with E-state index in [1.165, 1.54) is 6.42 Å². The molecule has 1 aromatic rings. The standard InChI is InChI=1S/C27H39NO4/c1-17-8-10-23(28-16-17)12-20(4)26-14-22-13-21(22)7-5-6-18(2)24(29)15-25(30)19(3)9-11-27(31)32-26/h8,10,12,16,18-19,21-22,24,26,29H,5-7,9,11,13-15H2,1-4H3/b20-12+/t18-,19-,21-,22-,24+,26-/m0/s1. The average Bonchev–Trinajstić information content (AvgIpc) is 3.49. The van der Waals surface area contributed by atoms with Crippen molar-refractivity contribution in [3.63, 3.8) is 0 Å². The Bertz CT molecular complexity index is 815. The highest BCUT2D eigenvalue weighted by Gasteiger charge is 2.39. The second-order valence-corrected chi connectivity index (χ2v) is 10.2. The number of aliphatic hydroxyl groups is 1. The lowest BCUT2D eigenvalue weighted by atomic mass is 9.89. The Labute approximate surface area is 192 Å². The molecule has 3 rings (SSSR count). The van der Waals surface area contributed by atoms with Gasteiger partial charge in [0, 0.05) is 25.0 Å². The van der Waals surface area contributed by atoms with Gasteiger partial charge >= 0.3 is 5.97 Å². The third-order valence-electron chi connectivity index (χ3n) is 7.31. The molecule has 1 aliphatic heterocycles. The number of esters is 1. The molecule has 0 amide bonds. The molecule has 32 heavy (non-hydrogen) atoms. The fourth-order valence-electron chi connectivity index (χ4n) is 4.66. The number of aliphatic hydroxyl groups excluding tert-OH is 1. The van der Waals surface area contributed by atoms with Crippen LogP contribution in [0.3, 0.4) is 0 Å². The van der Waals surface area contributed by atoms with Gasteiger partial charge in [-0.3, -0.25) is 14.6 Å². The summed E-state index contributed by atoms with van der Waals surface area (Å²) in [6, 6.07) is 4.02. The summed E-state index contributed by atoms with van der Waals surface area (Å²) in [5, 5.41) is 10.4. The van der Waals surface area contributed by atoms with Gasteiger partial charge in [0.25, 0.3) is 0 Å². The molecule has 1 aromatic heterocycles. The van der Waals surface area contributed by atoms with Gasteiger partial charge in [-0.05, 0) is 80.6 Å². The van der Waals surface area contributed by atoms with Crippen molar-refractivity contribution in [1.29, 1.82) is 0 Å². The molecule has 0 aromatic carbocycles. The quantitative estimate of drug-likeness (QED) is 0.631. The monoisotopic (exact) mass is 441 g/mol. The number of rotatable bonds is 2. The Kier molecular flexibility index (Phi) is 8.64. The van der Waals surface area contributed by atoms with Crippen LogP contribution in [0.5, 0.6) is 0 Å². The van der Waals surface area contributed by atoms with Crippen molar-refractivity contribution >= 4 is 17.8 Å². The maximum Gasteiger partial charge on any atom is 0.306 e. The SMILES string of the molecule is C/C(=C\c1ccc(C)cn1)[C@@H]1C[C@@H]2C[C@@H]2CCC[C@H](C)[C@H](O)CC(=O)[C@@H](C)CCC(=O)O1. The summed E-state index contributed by atoms with van der Waals surface area (Å²) in [4.78, 5) is 29.6. The van der Waals surface area contributed by atoms with Crippen molar-refractivity contribution in [3.8, 4) is 0 Å². The first-order valence-corrected chi connectivity index (χ1v) is 12.2. The van der Waals surface area contributed by atoms with Crippen LogP contribution < -0.4 is 0 Å². The third-order valence-corrected chi connectivity index (χ3v) is 7.31. The number of carbonyl (C=O) groups excluding carboxylic acids is 2. The van der Waals surface area contributed by atoms with Gasteiger partial charge in [0.15, 0.2) is 0 Å². The number of ether oxygens (including phenoxy) is 1. The van der Waals surface area contributed by atoms with E-state index in [0.29, 0.717) is 18.3 Å². The predicted octanol–water partition coefficient (Wildman–Crippen LogP) is 5.29. The van der Waals surface area contributed by atoms with Crippen LogP contribution in [0, 0.1) is 30.6 Å². The lowest BCUT2D eigenvalue weighted by Crippen LogP contribution is -2.26. The number of ketones is 1. The van der Waals surface area contributed by atoms with Crippen molar-refractivity contribution < 1.29 is 19.4 Å². The first-order valence-electron chi connectivity index (χ1n) is 12.2. The summed E-state index contributed by atoms with van der Waals surface area (Å²) >= 11 is 0. The zero-order chi connectivity index (χ0) is 23.3. The van der Waals surface area contributed by atoms with E-state index in [1.54, 1.807) is 0 Å². The van der Waals surface area contributed by atoms with Gasteiger partial charge in [-0.25, -0.2) is 0 Å². The van der Waals surface area contributed by atoms with E-state index in [9.17, 15) is 14.7 Å². The zero-order valence-electron chi connectivity index (χ0n) is 20.0. The second kappa shape index (κ2) is 11.2. The molecule has 5 nitrogen and oxygen atoms in total. The van der Waals surface area contributed by atoms with Crippen molar-refractivity contribution in [2.75, 3.05) is 0 Å². The lowest BCUT2D eigenvalue weighted by molar-refractivity contribution is -0.148. The molecule has 6 atom stereocenters. The van der Waals surface area contributed by atoms with E-state index < -0.39 is 6.10 Å². The van der Waals surface area contributed by atoms with E-state index in [2.05, 4.69) is 4.98 Å². The van der Waals surface area contributed by atoms with Crippen LogP contribution in [0.2, 0.25) is 0 Å². The van der Waals surface area contributed by atoms with Gasteiger partial charge < -0.3 is 9.84 Å². The number of hydrogen-bond donors (Lipinski definition) is 1. The molecule has 176 valence electrons. The summed E-state index contributed by atoms with van der Waals surface area (Å²) in [5.41, 5.74) is 3.00. The highest BCUT2D eigenvalue weighted by molar-refractivity contribution is 5.81. The molecular weight excluding hydrogens is 402 g/mol. The smallest absolute Gasteiger partial charge is 0.306 e. The second-order valence-electron chi connectivity index (χ2n) is 10.2. The molecule has 2 heterocycles. The molecule has 1 N–H and O–H groups in total. The maximum atomic E-state index is 12.7. The highest BCUT2D eigenvalue weighted by atomic mass is 16.5. The van der Waals surface area contributed by atoms with Crippen LogP contribution in [-0.2, 0) is 14.3 Å². The number of aryl methyl sites for hydroxylation is 1. The number of cyclic esters (lactones) is 1. The van der Waals surface area contributed by atoms with Crippen LogP contribution in [0.15, 0.2) is 23.9 Å². The summed E-state index contributed by atoms with van der Waals surface area (Å²) in [6.07, 6.45) is 9.05. The maximum absolute atomic E-state index is 12.7. The zero-order valence-corrected chi connectivity index (χ0v) is 20.0. The normalized spacial score (nSPS) is 33.3. The molecule has 1 saturated carbocycles. The Balaban J connectivity index is 1.71. The van der Waals surface area contributed by atoms with Crippen LogP contribution in [0.1, 0.15) is 83.4 Å². The molecule has 1 aliphatic carbocycles. The van der Waals surface area contributed by atoms with E-state index >= 15 is 0 Å². The Morgan fingerprint density at radius 2 is 1.91 bits per heavy atom. The summed E-state index contributed by atoms with van der Waals surface area (Å²) in [6.45, 7) is 7.91. The van der Waals surface area contributed by atoms with E-state index in [1.807, 2.05) is 52.1 Å². The molecule has 0 bridgehead atoms. The van der Waals surface area contributed by atoms with Crippen LogP contribution >= 0.6 is 0 Å². The largest absolute Gasteiger partial charge is 0.458 e. The van der Waals surface area contributed by atoms with Crippen LogP contribution in [0.4, 0.5) is 0 Å². The minimum Gasteiger partial charge on any atom is -0.458 e. The molecule has 0 radical (unpaired) electrons. The van der Waals surface area contributed by atoms with Crippen LogP contribution in [0.25, 0.3) is 6.08 Å². The number of carbonyl (C=O) groups is 2. The van der Waals surface area contributed by atoms with Gasteiger partial charge in [-0.15, -0.1) is 0 Å². The predicted molar refractivity (Wildman–Crippen MR) is 126 cm³/mol. The Morgan fingerprint density at radius 3 is 2.62 bits per heavy atom. The van der Waals surface area contributed by atoms with Crippen molar-refractivity contribution in [3.05, 3.63) is 35.2 Å². The summed E-state index contributed by atoms with van der Waals surface area (Å²) in [5.74, 6) is 0.899. The number of aromatic nitrogens is 1. The van der Waals surface area contributed by atoms with Gasteiger partial charge in [-0.1, -0.05) is 32.8 Å². The molecule has 2 aliphatic rings. The van der Waals surface area contributed by atoms with Crippen molar-refractivity contribution in [2.24, 2.45) is 23.7 Å². The van der Waals surface area contributed by atoms with E-state index in [4.69, 9.17) is 4.74 Å². The van der Waals surface area contributed by atoms with Gasteiger partial charge in [0.1, 0.15) is 11.9 Å². The Hall–Kier alpha value is -2.01. The number of pyridine rings is 1. The number of fused-ring (bicyclic) bond motifs is 1. The van der Waals surface area contributed by atoms with Gasteiger partial charge in [-0.2, -0.15) is 0 Å². The fourth-order valence-corrected chi connectivity index (χ4v) is 4.66. The average molecular weight is 442 g/mol. The molecular formula is C27H39NO4. The van der Waals surface area contributed by atoms with Crippen molar-refractivity contribution in [2.45, 2.75) is 91.3 Å². The third kappa shape index (κ3) is 7.26. The van der Waals surface area contributed by atoms with E-state index in [0.717, 1.165) is 42.5 Å². The highest BCUT2D eigenvalue weighted by Crippen LogP contribution is 2.47. The molecule has 0 unspecified atom stereocenters. The molecule has 1 saturated heterocycles. The molecule has 5 heteroatoms. The van der Waals surface area contributed by atoms with Crippen LogP contribution in [-0.4, -0.2) is 34.1 Å². The lowest BCUT2D eigenvalue weighted by Gasteiger charge is -2.22. The first-order chi connectivity index (χ1) is 15.2. The number of nitrogens with zero attached hydrogens (tertiary/aromatic N) is 1. The molecule has 0 spiro atoms. The number of hydrogen-bond acceptors (Lipinski definition) is 5. The van der Waals surface area contributed by atoms with Gasteiger partial charge in [0.2, 0.25) is 0 Å². The first kappa shape index (κ1) is 24.6.